The molecule has 1 saturated heterocycles. The first-order valence-electron chi connectivity index (χ1n) is 6.86. The summed E-state index contributed by atoms with van der Waals surface area (Å²) >= 11 is 6.18. The van der Waals surface area contributed by atoms with Gasteiger partial charge in [0.25, 0.3) is 0 Å². The fourth-order valence-corrected chi connectivity index (χ4v) is 2.78. The number of para-hydroxylation sites is 1. The van der Waals surface area contributed by atoms with E-state index in [4.69, 9.17) is 16.9 Å². The predicted molar refractivity (Wildman–Crippen MR) is 79.7 cm³/mol. The second-order valence-electron chi connectivity index (χ2n) is 4.84. The van der Waals surface area contributed by atoms with Gasteiger partial charge in [-0.25, -0.2) is 0 Å². The lowest BCUT2D eigenvalue weighted by Gasteiger charge is -2.27. The smallest absolute Gasteiger partial charge is 0.243 e. The Kier molecular flexibility index (Phi) is 4.86. The number of carbonyl (C=O) groups is 1. The van der Waals surface area contributed by atoms with E-state index in [1.165, 1.54) is 0 Å². The summed E-state index contributed by atoms with van der Waals surface area (Å²) in [5, 5.41) is 9.70. The van der Waals surface area contributed by atoms with E-state index in [9.17, 15) is 4.79 Å². The molecular formula is C15H18ClN3O. The van der Waals surface area contributed by atoms with Crippen LogP contribution in [0.15, 0.2) is 24.3 Å². The van der Waals surface area contributed by atoms with Gasteiger partial charge in [-0.05, 0) is 31.9 Å². The van der Waals surface area contributed by atoms with Crippen LogP contribution in [0.4, 0.5) is 5.69 Å². The third-order valence-electron chi connectivity index (χ3n) is 3.62. The van der Waals surface area contributed by atoms with Gasteiger partial charge in [0.15, 0.2) is 0 Å². The summed E-state index contributed by atoms with van der Waals surface area (Å²) in [6, 6.07) is 9.43. The van der Waals surface area contributed by atoms with E-state index < -0.39 is 0 Å². The molecule has 1 amide bonds. The van der Waals surface area contributed by atoms with Crippen LogP contribution in [-0.2, 0) is 4.79 Å². The minimum Gasteiger partial charge on any atom is -0.361 e. The van der Waals surface area contributed by atoms with Crippen molar-refractivity contribution in [3.05, 3.63) is 29.3 Å². The van der Waals surface area contributed by atoms with Crippen LogP contribution in [0, 0.1) is 11.3 Å². The average Bonchev–Trinajstić information content (AvgIpc) is 2.94. The van der Waals surface area contributed by atoms with Crippen LogP contribution >= 0.6 is 11.6 Å². The Labute approximate surface area is 124 Å². The molecule has 20 heavy (non-hydrogen) atoms. The standard InChI is InChI=1S/C15H18ClN3O/c1-2-18(14-8-4-3-7-13(14)16)11-15(20)19-9-5-6-12(19)10-17/h3-4,7-8,12H,2,5-6,9,11H2,1H3/t12-/m0/s1. The number of hydrogen-bond donors (Lipinski definition) is 0. The Hall–Kier alpha value is -1.73. The zero-order chi connectivity index (χ0) is 14.5. The largest absolute Gasteiger partial charge is 0.361 e. The molecule has 0 aliphatic carbocycles. The number of halogens is 1. The molecule has 1 atom stereocenters. The number of likely N-dealkylation sites (N-methyl/N-ethyl adjacent to an activating group) is 1. The molecule has 2 rings (SSSR count). The second-order valence-corrected chi connectivity index (χ2v) is 5.25. The van der Waals surface area contributed by atoms with Gasteiger partial charge < -0.3 is 9.80 Å². The van der Waals surface area contributed by atoms with Crippen LogP contribution in [0.2, 0.25) is 5.02 Å². The molecule has 106 valence electrons. The first kappa shape index (κ1) is 14.7. The predicted octanol–water partition coefficient (Wildman–Crippen LogP) is 2.68. The van der Waals surface area contributed by atoms with Crippen molar-refractivity contribution in [2.45, 2.75) is 25.8 Å². The molecule has 1 aliphatic heterocycles. The van der Waals surface area contributed by atoms with Gasteiger partial charge in [-0.3, -0.25) is 4.79 Å². The van der Waals surface area contributed by atoms with E-state index in [0.29, 0.717) is 18.1 Å². The number of nitrogens with zero attached hydrogens (tertiary/aromatic N) is 3. The van der Waals surface area contributed by atoms with Crippen molar-refractivity contribution in [3.8, 4) is 6.07 Å². The lowest BCUT2D eigenvalue weighted by atomic mass is 10.2. The first-order chi connectivity index (χ1) is 9.67. The maximum atomic E-state index is 12.4. The number of benzene rings is 1. The third kappa shape index (κ3) is 3.05. The molecule has 0 radical (unpaired) electrons. The molecule has 0 N–H and O–H groups in total. The summed E-state index contributed by atoms with van der Waals surface area (Å²) in [6.45, 7) is 3.62. The van der Waals surface area contributed by atoms with E-state index in [1.807, 2.05) is 36.1 Å². The molecule has 1 aliphatic rings. The van der Waals surface area contributed by atoms with E-state index >= 15 is 0 Å². The Bertz CT molecular complexity index is 526. The highest BCUT2D eigenvalue weighted by Crippen LogP contribution is 2.25. The van der Waals surface area contributed by atoms with Crippen molar-refractivity contribution in [1.29, 1.82) is 5.26 Å². The van der Waals surface area contributed by atoms with Crippen molar-refractivity contribution in [3.63, 3.8) is 0 Å². The molecule has 1 aromatic carbocycles. The summed E-state index contributed by atoms with van der Waals surface area (Å²) in [4.78, 5) is 16.0. The number of carbonyl (C=O) groups excluding carboxylic acids is 1. The molecule has 0 saturated carbocycles. The highest BCUT2D eigenvalue weighted by atomic mass is 35.5. The normalized spacial score (nSPS) is 17.9. The van der Waals surface area contributed by atoms with E-state index in [1.54, 1.807) is 4.90 Å². The zero-order valence-corrected chi connectivity index (χ0v) is 12.3. The van der Waals surface area contributed by atoms with Gasteiger partial charge >= 0.3 is 0 Å². The number of likely N-dealkylation sites (tertiary alicyclic amines) is 1. The van der Waals surface area contributed by atoms with Crippen molar-refractivity contribution < 1.29 is 4.79 Å². The van der Waals surface area contributed by atoms with Crippen LogP contribution in [0.3, 0.4) is 0 Å². The van der Waals surface area contributed by atoms with Gasteiger partial charge in [0.05, 0.1) is 23.3 Å². The van der Waals surface area contributed by atoms with Gasteiger partial charge in [-0.1, -0.05) is 23.7 Å². The third-order valence-corrected chi connectivity index (χ3v) is 3.94. The van der Waals surface area contributed by atoms with Gasteiger partial charge in [0, 0.05) is 13.1 Å². The molecule has 0 bridgehead atoms. The average molecular weight is 292 g/mol. The SMILES string of the molecule is CCN(CC(=O)N1CCC[C@H]1C#N)c1ccccc1Cl. The number of rotatable bonds is 4. The molecule has 0 aromatic heterocycles. The topological polar surface area (TPSA) is 47.3 Å². The molecule has 5 heteroatoms. The first-order valence-corrected chi connectivity index (χ1v) is 7.23. The van der Waals surface area contributed by atoms with Crippen molar-refractivity contribution in [1.82, 2.24) is 4.90 Å². The van der Waals surface area contributed by atoms with Crippen molar-refractivity contribution in [2.75, 3.05) is 24.5 Å². The number of amides is 1. The quantitative estimate of drug-likeness (QED) is 0.857. The van der Waals surface area contributed by atoms with Crippen LogP contribution in [0.25, 0.3) is 0 Å². The van der Waals surface area contributed by atoms with Crippen LogP contribution in [0.1, 0.15) is 19.8 Å². The van der Waals surface area contributed by atoms with E-state index in [0.717, 1.165) is 18.5 Å². The summed E-state index contributed by atoms with van der Waals surface area (Å²) in [6.07, 6.45) is 1.68. The summed E-state index contributed by atoms with van der Waals surface area (Å²) in [7, 11) is 0. The maximum absolute atomic E-state index is 12.4. The van der Waals surface area contributed by atoms with Gasteiger partial charge in [-0.2, -0.15) is 5.26 Å². The second kappa shape index (κ2) is 6.62. The minimum atomic E-state index is -0.271. The van der Waals surface area contributed by atoms with E-state index in [2.05, 4.69) is 6.07 Å². The fourth-order valence-electron chi connectivity index (χ4n) is 2.53. The van der Waals surface area contributed by atoms with Crippen LogP contribution in [-0.4, -0.2) is 36.5 Å². The molecule has 4 nitrogen and oxygen atoms in total. The lowest BCUT2D eigenvalue weighted by Crippen LogP contribution is -2.42. The Morgan fingerprint density at radius 3 is 2.95 bits per heavy atom. The summed E-state index contributed by atoms with van der Waals surface area (Å²) in [5.74, 6) is -0.00387. The van der Waals surface area contributed by atoms with Gasteiger partial charge in [0.2, 0.25) is 5.91 Å². The molecular weight excluding hydrogens is 274 g/mol. The van der Waals surface area contributed by atoms with Gasteiger partial charge in [-0.15, -0.1) is 0 Å². The number of nitriles is 1. The molecule has 1 heterocycles. The lowest BCUT2D eigenvalue weighted by molar-refractivity contribution is -0.129. The van der Waals surface area contributed by atoms with Crippen LogP contribution < -0.4 is 4.90 Å². The maximum Gasteiger partial charge on any atom is 0.243 e. The number of anilines is 1. The molecule has 1 fully saturated rings. The highest BCUT2D eigenvalue weighted by molar-refractivity contribution is 6.33. The number of hydrogen-bond acceptors (Lipinski definition) is 3. The fraction of sp³-hybridized carbons (Fsp3) is 0.467. The molecule has 0 spiro atoms. The summed E-state index contributed by atoms with van der Waals surface area (Å²) in [5.41, 5.74) is 0.859. The van der Waals surface area contributed by atoms with Gasteiger partial charge in [0.1, 0.15) is 6.04 Å². The Balaban J connectivity index is 2.09. The van der Waals surface area contributed by atoms with Crippen molar-refractivity contribution >= 4 is 23.2 Å². The Morgan fingerprint density at radius 2 is 2.30 bits per heavy atom. The summed E-state index contributed by atoms with van der Waals surface area (Å²) < 4.78 is 0. The molecule has 0 unspecified atom stereocenters. The zero-order valence-electron chi connectivity index (χ0n) is 11.6. The van der Waals surface area contributed by atoms with E-state index in [-0.39, 0.29) is 18.5 Å². The Morgan fingerprint density at radius 1 is 1.55 bits per heavy atom. The van der Waals surface area contributed by atoms with Crippen LogP contribution in [0.5, 0.6) is 0 Å². The monoisotopic (exact) mass is 291 g/mol. The van der Waals surface area contributed by atoms with Crippen molar-refractivity contribution in [2.24, 2.45) is 0 Å². The molecule has 1 aromatic rings. The minimum absolute atomic E-state index is 0.00387. The highest BCUT2D eigenvalue weighted by Gasteiger charge is 2.29.